The van der Waals surface area contributed by atoms with Crippen molar-refractivity contribution in [2.45, 2.75) is 4.90 Å². The van der Waals surface area contributed by atoms with Gasteiger partial charge in [-0.25, -0.2) is 9.37 Å². The van der Waals surface area contributed by atoms with Gasteiger partial charge in [-0.1, -0.05) is 0 Å². The molecule has 0 radical (unpaired) electrons. The van der Waals surface area contributed by atoms with E-state index >= 15 is 0 Å². The van der Waals surface area contributed by atoms with Crippen molar-refractivity contribution in [1.82, 2.24) is 14.2 Å². The number of rotatable bonds is 4. The van der Waals surface area contributed by atoms with Crippen LogP contribution in [-0.2, 0) is 10.0 Å². The second-order valence-electron chi connectivity index (χ2n) is 4.63. The fraction of sp³-hybridized carbons (Fsp3) is 0.0667. The molecule has 0 saturated carbocycles. The second kappa shape index (κ2) is 5.81. The Hall–Kier alpha value is -2.74. The average molecular weight is 333 g/mol. The number of hydrogen-bond acceptors (Lipinski definition) is 5. The molecule has 1 aromatic heterocycles. The van der Waals surface area contributed by atoms with Crippen molar-refractivity contribution < 1.29 is 17.5 Å². The van der Waals surface area contributed by atoms with Crippen molar-refractivity contribution in [3.05, 3.63) is 60.7 Å². The second-order valence-corrected chi connectivity index (χ2v) is 6.42. The Morgan fingerprint density at radius 2 is 1.70 bits per heavy atom. The number of hydrogen-bond donors (Lipinski definition) is 0. The molecule has 0 unspecified atom stereocenters. The van der Waals surface area contributed by atoms with Crippen LogP contribution < -0.4 is 4.74 Å². The van der Waals surface area contributed by atoms with Crippen LogP contribution in [0.4, 0.5) is 4.39 Å². The van der Waals surface area contributed by atoms with Crippen LogP contribution in [0.15, 0.2) is 59.8 Å². The topological polar surface area (TPSA) is 74.1 Å². The van der Waals surface area contributed by atoms with Crippen LogP contribution in [0.2, 0.25) is 0 Å². The highest BCUT2D eigenvalue weighted by atomic mass is 32.2. The van der Waals surface area contributed by atoms with Crippen LogP contribution in [0, 0.1) is 5.82 Å². The van der Waals surface area contributed by atoms with Crippen molar-refractivity contribution in [1.29, 1.82) is 0 Å². The van der Waals surface area contributed by atoms with E-state index in [0.29, 0.717) is 11.3 Å². The van der Waals surface area contributed by atoms with E-state index in [0.717, 1.165) is 22.5 Å². The summed E-state index contributed by atoms with van der Waals surface area (Å²) < 4.78 is 43.6. The fourth-order valence-corrected chi connectivity index (χ4v) is 3.00. The lowest BCUT2D eigenvalue weighted by atomic mass is 10.2. The molecular formula is C15H12FN3O3S. The minimum absolute atomic E-state index is 0.0647. The Bertz CT molecular complexity index is 919. The first kappa shape index (κ1) is 15.2. The van der Waals surface area contributed by atoms with E-state index in [9.17, 15) is 12.8 Å². The zero-order chi connectivity index (χ0) is 16.4. The summed E-state index contributed by atoms with van der Waals surface area (Å²) in [6.45, 7) is 0. The van der Waals surface area contributed by atoms with E-state index in [4.69, 9.17) is 4.74 Å². The molecule has 0 aliphatic carbocycles. The lowest BCUT2D eigenvalue weighted by Gasteiger charge is -2.03. The summed E-state index contributed by atoms with van der Waals surface area (Å²) in [6.07, 6.45) is 1.11. The summed E-state index contributed by atoms with van der Waals surface area (Å²) >= 11 is 0. The van der Waals surface area contributed by atoms with Gasteiger partial charge in [-0.05, 0) is 48.5 Å². The SMILES string of the molecule is COc1ccc(-c2ncn(S(=O)(=O)c3ccc(F)cc3)n2)cc1. The van der Waals surface area contributed by atoms with Gasteiger partial charge in [0, 0.05) is 5.56 Å². The van der Waals surface area contributed by atoms with Crippen molar-refractivity contribution in [2.24, 2.45) is 0 Å². The van der Waals surface area contributed by atoms with Gasteiger partial charge in [0.05, 0.1) is 12.0 Å². The molecule has 118 valence electrons. The normalized spacial score (nSPS) is 11.4. The summed E-state index contributed by atoms with van der Waals surface area (Å²) in [5.74, 6) is 0.423. The summed E-state index contributed by atoms with van der Waals surface area (Å²) in [4.78, 5) is 3.94. The molecule has 2 aromatic carbocycles. The molecule has 0 fully saturated rings. The highest BCUT2D eigenvalue weighted by Crippen LogP contribution is 2.20. The standard InChI is InChI=1S/C15H12FN3O3S/c1-22-13-6-2-11(3-7-13)15-17-10-19(18-15)23(20,21)14-8-4-12(16)5-9-14/h2-10H,1H3. The van der Waals surface area contributed by atoms with Gasteiger partial charge < -0.3 is 4.74 Å². The highest BCUT2D eigenvalue weighted by molar-refractivity contribution is 7.89. The van der Waals surface area contributed by atoms with Crippen molar-refractivity contribution in [2.75, 3.05) is 7.11 Å². The molecule has 0 aliphatic heterocycles. The molecule has 0 saturated heterocycles. The smallest absolute Gasteiger partial charge is 0.284 e. The molecular weight excluding hydrogens is 321 g/mol. The highest BCUT2D eigenvalue weighted by Gasteiger charge is 2.19. The number of nitrogens with zero attached hydrogens (tertiary/aromatic N) is 3. The van der Waals surface area contributed by atoms with E-state index in [1.807, 2.05) is 0 Å². The third kappa shape index (κ3) is 2.93. The molecule has 6 nitrogen and oxygen atoms in total. The Labute approximate surface area is 132 Å². The molecule has 23 heavy (non-hydrogen) atoms. The van der Waals surface area contributed by atoms with E-state index in [2.05, 4.69) is 10.1 Å². The van der Waals surface area contributed by atoms with Crippen LogP contribution in [0.5, 0.6) is 5.75 Å². The third-order valence-electron chi connectivity index (χ3n) is 3.18. The fourth-order valence-electron chi connectivity index (χ4n) is 1.95. The molecule has 8 heteroatoms. The number of benzene rings is 2. The molecule has 1 heterocycles. The zero-order valence-electron chi connectivity index (χ0n) is 12.0. The largest absolute Gasteiger partial charge is 0.497 e. The van der Waals surface area contributed by atoms with Crippen molar-refractivity contribution >= 4 is 10.0 Å². The quantitative estimate of drug-likeness (QED) is 0.732. The monoisotopic (exact) mass is 333 g/mol. The number of aromatic nitrogens is 3. The van der Waals surface area contributed by atoms with Crippen LogP contribution in [0.25, 0.3) is 11.4 Å². The molecule has 0 N–H and O–H groups in total. The van der Waals surface area contributed by atoms with Crippen LogP contribution >= 0.6 is 0 Å². The van der Waals surface area contributed by atoms with Gasteiger partial charge >= 0.3 is 0 Å². The van der Waals surface area contributed by atoms with E-state index < -0.39 is 15.8 Å². The molecule has 0 spiro atoms. The predicted octanol–water partition coefficient (Wildman–Crippen LogP) is 2.33. The molecule has 0 bridgehead atoms. The maximum atomic E-state index is 12.9. The molecule has 0 atom stereocenters. The van der Waals surface area contributed by atoms with Gasteiger partial charge in [0.15, 0.2) is 5.82 Å². The lowest BCUT2D eigenvalue weighted by molar-refractivity contribution is 0.415. The summed E-state index contributed by atoms with van der Waals surface area (Å²) in [6, 6.07) is 11.4. The van der Waals surface area contributed by atoms with Crippen LogP contribution in [0.1, 0.15) is 0 Å². The summed E-state index contributed by atoms with van der Waals surface area (Å²) in [5, 5.41) is 3.99. The average Bonchev–Trinajstić information content (AvgIpc) is 3.06. The van der Waals surface area contributed by atoms with E-state index in [1.165, 1.54) is 12.1 Å². The first-order valence-electron chi connectivity index (χ1n) is 6.58. The van der Waals surface area contributed by atoms with Crippen LogP contribution in [0.3, 0.4) is 0 Å². The van der Waals surface area contributed by atoms with Gasteiger partial charge in [0.25, 0.3) is 10.0 Å². The number of methoxy groups -OCH3 is 1. The Morgan fingerprint density at radius 3 is 2.30 bits per heavy atom. The van der Waals surface area contributed by atoms with E-state index in [-0.39, 0.29) is 10.7 Å². The maximum Gasteiger partial charge on any atom is 0.284 e. The zero-order valence-corrected chi connectivity index (χ0v) is 12.9. The minimum atomic E-state index is -3.90. The molecule has 3 aromatic rings. The first-order chi connectivity index (χ1) is 11.0. The summed E-state index contributed by atoms with van der Waals surface area (Å²) in [7, 11) is -2.35. The van der Waals surface area contributed by atoms with Gasteiger partial charge in [0.2, 0.25) is 0 Å². The molecule has 0 aliphatic rings. The third-order valence-corrected chi connectivity index (χ3v) is 4.71. The molecule has 3 rings (SSSR count). The maximum absolute atomic E-state index is 12.9. The Morgan fingerprint density at radius 1 is 1.04 bits per heavy atom. The number of ether oxygens (including phenoxy) is 1. The lowest BCUT2D eigenvalue weighted by Crippen LogP contribution is -2.13. The molecule has 0 amide bonds. The van der Waals surface area contributed by atoms with Crippen molar-refractivity contribution in [3.8, 4) is 17.1 Å². The Kier molecular flexibility index (Phi) is 3.83. The van der Waals surface area contributed by atoms with Gasteiger partial charge in [-0.3, -0.25) is 0 Å². The van der Waals surface area contributed by atoms with E-state index in [1.54, 1.807) is 31.4 Å². The minimum Gasteiger partial charge on any atom is -0.497 e. The Balaban J connectivity index is 1.95. The van der Waals surface area contributed by atoms with Gasteiger partial charge in [-0.15, -0.1) is 9.19 Å². The van der Waals surface area contributed by atoms with Gasteiger partial charge in [0.1, 0.15) is 17.9 Å². The van der Waals surface area contributed by atoms with Gasteiger partial charge in [-0.2, -0.15) is 8.42 Å². The predicted molar refractivity (Wildman–Crippen MR) is 81.0 cm³/mol. The van der Waals surface area contributed by atoms with Crippen molar-refractivity contribution in [3.63, 3.8) is 0 Å². The number of halogens is 1. The first-order valence-corrected chi connectivity index (χ1v) is 8.02. The summed E-state index contributed by atoms with van der Waals surface area (Å²) in [5.41, 5.74) is 0.652. The van der Waals surface area contributed by atoms with Crippen LogP contribution in [-0.4, -0.2) is 29.7 Å².